The maximum Gasteiger partial charge on any atom is 0.236 e. The summed E-state index contributed by atoms with van der Waals surface area (Å²) < 4.78 is 2.16. The van der Waals surface area contributed by atoms with Gasteiger partial charge in [0.25, 0.3) is 0 Å². The first kappa shape index (κ1) is 18.9. The van der Waals surface area contributed by atoms with Crippen molar-refractivity contribution < 1.29 is 4.79 Å². The van der Waals surface area contributed by atoms with Crippen LogP contribution in [0.4, 0.5) is 0 Å². The van der Waals surface area contributed by atoms with Crippen molar-refractivity contribution in [2.75, 3.05) is 0 Å². The molecule has 2 nitrogen and oxygen atoms in total. The lowest BCUT2D eigenvalue weighted by Crippen LogP contribution is -1.95. The minimum absolute atomic E-state index is 0.166. The second kappa shape index (κ2) is 6.94. The molecule has 0 radical (unpaired) electrons. The van der Waals surface area contributed by atoms with Gasteiger partial charge in [-0.15, -0.1) is 0 Å². The van der Waals surface area contributed by atoms with Crippen molar-refractivity contribution in [3.63, 3.8) is 0 Å². The number of carbonyl (C=O) groups is 1. The molecule has 34 heavy (non-hydrogen) atoms. The molecule has 2 heteroatoms. The van der Waals surface area contributed by atoms with E-state index in [0.717, 1.165) is 32.8 Å². The van der Waals surface area contributed by atoms with E-state index in [1.54, 1.807) is 0 Å². The molecule has 0 saturated heterocycles. The number of Topliss-reactive ketones (excluding diaryl/α,β-unsaturated/α-hetero) is 1. The highest BCUT2D eigenvalue weighted by atomic mass is 16.1. The van der Waals surface area contributed by atoms with Crippen molar-refractivity contribution in [2.45, 2.75) is 0 Å². The summed E-state index contributed by atoms with van der Waals surface area (Å²) in [5.41, 5.74) is 3.76. The Morgan fingerprint density at radius 2 is 1.35 bits per heavy atom. The zero-order valence-corrected chi connectivity index (χ0v) is 18.6. The lowest BCUT2D eigenvalue weighted by atomic mass is 9.92. The van der Waals surface area contributed by atoms with Gasteiger partial charge >= 0.3 is 0 Å². The van der Waals surface area contributed by atoms with E-state index in [4.69, 9.17) is 0 Å². The molecule has 0 amide bonds. The molecule has 158 valence electrons. The number of aryl methyl sites for hydroxylation is 1. The highest BCUT2D eigenvalue weighted by molar-refractivity contribution is 6.24. The Labute approximate surface area is 196 Å². The number of fused-ring (bicyclic) bond motifs is 3. The molecule has 0 atom stereocenters. The van der Waals surface area contributed by atoms with Crippen molar-refractivity contribution >= 4 is 59.9 Å². The standard InChI is InChI=1S/C32H19NO/c1-33-28-8-3-2-7-26(28)27-19-24(14-17-29(27)33)30(34)18-15-20-9-10-23-12-11-21-5-4-6-22-13-16-25(20)32(23)31(21)22/h2-14,16-17,19H,1H3. The Morgan fingerprint density at radius 3 is 2.21 bits per heavy atom. The van der Waals surface area contributed by atoms with E-state index >= 15 is 0 Å². The average Bonchev–Trinajstić information content (AvgIpc) is 3.17. The van der Waals surface area contributed by atoms with Crippen LogP contribution in [-0.4, -0.2) is 10.4 Å². The third-order valence-electron chi connectivity index (χ3n) is 7.02. The molecule has 0 saturated carbocycles. The van der Waals surface area contributed by atoms with Gasteiger partial charge in [0.15, 0.2) is 0 Å². The van der Waals surface area contributed by atoms with Crippen LogP contribution in [0, 0.1) is 11.8 Å². The summed E-state index contributed by atoms with van der Waals surface area (Å²) >= 11 is 0. The van der Waals surface area contributed by atoms with Crippen LogP contribution in [0.2, 0.25) is 0 Å². The third-order valence-corrected chi connectivity index (χ3v) is 7.02. The van der Waals surface area contributed by atoms with Crippen LogP contribution in [0.15, 0.2) is 97.1 Å². The second-order valence-corrected chi connectivity index (χ2v) is 8.86. The number of ketones is 1. The zero-order valence-electron chi connectivity index (χ0n) is 18.6. The Bertz CT molecular complexity index is 1980. The summed E-state index contributed by atoms with van der Waals surface area (Å²) in [5.74, 6) is 5.93. The van der Waals surface area contributed by atoms with E-state index in [1.165, 1.54) is 26.9 Å². The van der Waals surface area contributed by atoms with Gasteiger partial charge in [-0.1, -0.05) is 72.7 Å². The van der Waals surface area contributed by atoms with Gasteiger partial charge in [-0.2, -0.15) is 0 Å². The van der Waals surface area contributed by atoms with Crippen molar-refractivity contribution in [1.82, 2.24) is 4.57 Å². The highest BCUT2D eigenvalue weighted by Crippen LogP contribution is 2.35. The van der Waals surface area contributed by atoms with Gasteiger partial charge in [0, 0.05) is 40.0 Å². The molecule has 7 rings (SSSR count). The maximum absolute atomic E-state index is 13.1. The summed E-state index contributed by atoms with van der Waals surface area (Å²) in [7, 11) is 2.06. The molecule has 0 aliphatic carbocycles. The van der Waals surface area contributed by atoms with Crippen LogP contribution in [0.3, 0.4) is 0 Å². The lowest BCUT2D eigenvalue weighted by molar-refractivity contribution is 0.105. The molecular formula is C32H19NO. The molecule has 0 unspecified atom stereocenters. The molecule has 0 aliphatic rings. The fraction of sp³-hybridized carbons (Fsp3) is 0.0312. The van der Waals surface area contributed by atoms with Crippen molar-refractivity contribution in [1.29, 1.82) is 0 Å². The molecule has 0 aliphatic heterocycles. The molecule has 0 N–H and O–H groups in total. The monoisotopic (exact) mass is 433 g/mol. The van der Waals surface area contributed by atoms with Crippen LogP contribution in [0.5, 0.6) is 0 Å². The number of hydrogen-bond donors (Lipinski definition) is 0. The lowest BCUT2D eigenvalue weighted by Gasteiger charge is -2.11. The molecular weight excluding hydrogens is 414 g/mol. The Morgan fingerprint density at radius 1 is 0.647 bits per heavy atom. The van der Waals surface area contributed by atoms with E-state index in [9.17, 15) is 4.79 Å². The van der Waals surface area contributed by atoms with Crippen LogP contribution >= 0.6 is 0 Å². The van der Waals surface area contributed by atoms with Gasteiger partial charge < -0.3 is 4.57 Å². The van der Waals surface area contributed by atoms with Crippen LogP contribution in [0.1, 0.15) is 15.9 Å². The minimum atomic E-state index is -0.166. The first-order valence-electron chi connectivity index (χ1n) is 11.4. The molecule has 7 aromatic rings. The molecule has 0 bridgehead atoms. The van der Waals surface area contributed by atoms with E-state index in [0.29, 0.717) is 5.56 Å². The van der Waals surface area contributed by atoms with Crippen LogP contribution in [0.25, 0.3) is 54.1 Å². The van der Waals surface area contributed by atoms with Crippen molar-refractivity contribution in [3.05, 3.63) is 108 Å². The van der Waals surface area contributed by atoms with E-state index in [-0.39, 0.29) is 5.78 Å². The fourth-order valence-corrected chi connectivity index (χ4v) is 5.35. The Balaban J connectivity index is 1.36. The largest absolute Gasteiger partial charge is 0.344 e. The Kier molecular flexibility index (Phi) is 3.86. The van der Waals surface area contributed by atoms with E-state index < -0.39 is 0 Å². The number of aromatic nitrogens is 1. The van der Waals surface area contributed by atoms with Gasteiger partial charge in [-0.3, -0.25) is 4.79 Å². The highest BCUT2D eigenvalue weighted by Gasteiger charge is 2.12. The van der Waals surface area contributed by atoms with Gasteiger partial charge in [0.1, 0.15) is 0 Å². The number of rotatable bonds is 1. The molecule has 1 heterocycles. The number of nitrogens with zero attached hydrogens (tertiary/aromatic N) is 1. The van der Waals surface area contributed by atoms with Crippen molar-refractivity contribution in [2.24, 2.45) is 7.05 Å². The maximum atomic E-state index is 13.1. The zero-order chi connectivity index (χ0) is 22.8. The molecule has 1 aromatic heterocycles. The normalized spacial score (nSPS) is 11.6. The first-order valence-corrected chi connectivity index (χ1v) is 11.4. The second-order valence-electron chi connectivity index (χ2n) is 8.86. The van der Waals surface area contributed by atoms with Crippen LogP contribution < -0.4 is 0 Å². The SMILES string of the molecule is Cn1c2ccccc2c2cc(C(=O)C#Cc3ccc4ccc5cccc6ccc3c4c56)ccc21. The number of carbonyl (C=O) groups excluding carboxylic acids is 1. The van der Waals surface area contributed by atoms with Gasteiger partial charge in [-0.25, -0.2) is 0 Å². The van der Waals surface area contributed by atoms with Crippen LogP contribution in [-0.2, 0) is 7.05 Å². The summed E-state index contributed by atoms with van der Waals surface area (Å²) in [5, 5.41) is 9.42. The number of para-hydroxylation sites is 1. The Hall–Kier alpha value is -4.61. The number of hydrogen-bond acceptors (Lipinski definition) is 1. The van der Waals surface area contributed by atoms with E-state index in [2.05, 4.69) is 84.1 Å². The van der Waals surface area contributed by atoms with Gasteiger partial charge in [-0.05, 0) is 68.6 Å². The predicted molar refractivity (Wildman–Crippen MR) is 142 cm³/mol. The minimum Gasteiger partial charge on any atom is -0.344 e. The van der Waals surface area contributed by atoms with E-state index in [1.807, 2.05) is 36.4 Å². The predicted octanol–water partition coefficient (Wildman–Crippen LogP) is 7.46. The van der Waals surface area contributed by atoms with Crippen molar-refractivity contribution in [3.8, 4) is 11.8 Å². The first-order chi connectivity index (χ1) is 16.7. The van der Waals surface area contributed by atoms with Gasteiger partial charge in [0.05, 0.1) is 0 Å². The summed E-state index contributed by atoms with van der Waals surface area (Å²) in [4.78, 5) is 13.1. The molecule has 0 spiro atoms. The average molecular weight is 434 g/mol. The smallest absolute Gasteiger partial charge is 0.236 e. The fourth-order valence-electron chi connectivity index (χ4n) is 5.35. The third kappa shape index (κ3) is 2.62. The molecule has 0 fully saturated rings. The quantitative estimate of drug-likeness (QED) is 0.150. The molecule has 6 aromatic carbocycles. The number of benzene rings is 6. The summed E-state index contributed by atoms with van der Waals surface area (Å²) in [6.07, 6.45) is 0. The topological polar surface area (TPSA) is 22.0 Å². The summed E-state index contributed by atoms with van der Waals surface area (Å²) in [6, 6.07) is 33.2. The summed E-state index contributed by atoms with van der Waals surface area (Å²) in [6.45, 7) is 0. The van der Waals surface area contributed by atoms with Gasteiger partial charge in [0.2, 0.25) is 5.78 Å².